The number of carbonyl (C=O) groups excluding carboxylic acids is 2. The Balaban J connectivity index is 1.81. The summed E-state index contributed by atoms with van der Waals surface area (Å²) >= 11 is 5.62. The van der Waals surface area contributed by atoms with Crippen LogP contribution in [-0.4, -0.2) is 28.3 Å². The number of anilines is 1. The van der Waals surface area contributed by atoms with Gasteiger partial charge in [0.1, 0.15) is 0 Å². The molecule has 1 N–H and O–H groups in total. The first kappa shape index (κ1) is 24.2. The quantitative estimate of drug-likeness (QED) is 0.523. The Morgan fingerprint density at radius 3 is 2.45 bits per heavy atom. The smallest absolute Gasteiger partial charge is 0.418 e. The number of hydrogen-bond donors (Lipinski definition) is 1. The Hall–Kier alpha value is -3.40. The number of ether oxygens (including phenoxy) is 1. The second-order valence-electron chi connectivity index (χ2n) is 7.59. The van der Waals surface area contributed by atoms with E-state index in [1.54, 1.807) is 18.2 Å². The lowest BCUT2D eigenvalue weighted by Crippen LogP contribution is -2.29. The van der Waals surface area contributed by atoms with Crippen LogP contribution < -0.4 is 10.9 Å². The van der Waals surface area contributed by atoms with Crippen molar-refractivity contribution in [2.45, 2.75) is 26.6 Å². The molecule has 0 fully saturated rings. The summed E-state index contributed by atoms with van der Waals surface area (Å²) in [6.07, 6.45) is -4.75. The Morgan fingerprint density at radius 1 is 1.15 bits per heavy atom. The van der Waals surface area contributed by atoms with E-state index in [1.165, 1.54) is 12.1 Å². The molecule has 33 heavy (non-hydrogen) atoms. The molecular weight excluding hydrogens is 463 g/mol. The van der Waals surface area contributed by atoms with E-state index in [2.05, 4.69) is 10.4 Å². The van der Waals surface area contributed by atoms with Crippen LogP contribution in [0.5, 0.6) is 0 Å². The number of nitrogens with one attached hydrogen (secondary N) is 1. The highest BCUT2D eigenvalue weighted by molar-refractivity contribution is 6.30. The van der Waals surface area contributed by atoms with E-state index in [0.29, 0.717) is 6.07 Å². The number of hydrogen-bond acceptors (Lipinski definition) is 5. The summed E-state index contributed by atoms with van der Waals surface area (Å²) in [7, 11) is 0. The lowest BCUT2D eigenvalue weighted by atomic mass is 10.1. The zero-order valence-electron chi connectivity index (χ0n) is 17.6. The Bertz CT molecular complexity index is 1270. The average Bonchev–Trinajstić information content (AvgIpc) is 2.74. The molecule has 0 atom stereocenters. The predicted molar refractivity (Wildman–Crippen MR) is 116 cm³/mol. The standard InChI is InChI=1S/C22H19ClF3N3O4/c1-12(2)10-29-20(31)15-6-4-3-5-14(15)19(28-29)21(32)33-11-18(30)27-17-8-7-13(23)9-16(17)22(24,25)26/h3-9,12H,10-11H2,1-2H3,(H,27,30). The molecule has 1 amide bonds. The molecule has 1 heterocycles. The van der Waals surface area contributed by atoms with Crippen LogP contribution >= 0.6 is 11.6 Å². The Kier molecular flexibility index (Phi) is 7.06. The number of fused-ring (bicyclic) bond motifs is 1. The summed E-state index contributed by atoms with van der Waals surface area (Å²) in [5.74, 6) is -1.92. The van der Waals surface area contributed by atoms with Crippen LogP contribution in [0, 0.1) is 5.92 Å². The number of halogens is 4. The summed E-state index contributed by atoms with van der Waals surface area (Å²) in [6, 6.07) is 9.17. The van der Waals surface area contributed by atoms with Gasteiger partial charge in [-0.1, -0.05) is 43.6 Å². The third-order valence-corrected chi connectivity index (χ3v) is 4.73. The maximum Gasteiger partial charge on any atom is 0.418 e. The minimum absolute atomic E-state index is 0.0632. The van der Waals surface area contributed by atoms with Gasteiger partial charge in [0.25, 0.3) is 11.5 Å². The summed E-state index contributed by atoms with van der Waals surface area (Å²) in [4.78, 5) is 37.5. The SMILES string of the molecule is CC(C)Cn1nc(C(=O)OCC(=O)Nc2ccc(Cl)cc2C(F)(F)F)c2ccccc2c1=O. The van der Waals surface area contributed by atoms with Crippen molar-refractivity contribution in [2.75, 3.05) is 11.9 Å². The van der Waals surface area contributed by atoms with Crippen LogP contribution in [0.15, 0.2) is 47.3 Å². The van der Waals surface area contributed by atoms with Gasteiger partial charge in [-0.25, -0.2) is 9.48 Å². The normalized spacial score (nSPS) is 11.6. The molecule has 7 nitrogen and oxygen atoms in total. The van der Waals surface area contributed by atoms with E-state index < -0.39 is 35.9 Å². The van der Waals surface area contributed by atoms with Crippen LogP contribution in [-0.2, 0) is 22.3 Å². The van der Waals surface area contributed by atoms with E-state index >= 15 is 0 Å². The van der Waals surface area contributed by atoms with Crippen LogP contribution in [0.3, 0.4) is 0 Å². The van der Waals surface area contributed by atoms with E-state index in [9.17, 15) is 27.6 Å². The van der Waals surface area contributed by atoms with Gasteiger partial charge in [-0.05, 0) is 30.2 Å². The van der Waals surface area contributed by atoms with Crippen LogP contribution in [0.1, 0.15) is 29.9 Å². The van der Waals surface area contributed by atoms with Gasteiger partial charge in [-0.15, -0.1) is 0 Å². The molecule has 0 aliphatic carbocycles. The molecule has 0 aliphatic rings. The maximum atomic E-state index is 13.2. The van der Waals surface area contributed by atoms with E-state index in [0.717, 1.165) is 10.7 Å². The zero-order chi connectivity index (χ0) is 24.3. The Morgan fingerprint density at radius 2 is 1.82 bits per heavy atom. The molecule has 0 spiro atoms. The highest BCUT2D eigenvalue weighted by Gasteiger charge is 2.34. The molecule has 0 aliphatic heterocycles. The number of benzene rings is 2. The maximum absolute atomic E-state index is 13.2. The zero-order valence-corrected chi connectivity index (χ0v) is 18.3. The van der Waals surface area contributed by atoms with Crippen molar-refractivity contribution < 1.29 is 27.5 Å². The molecule has 0 radical (unpaired) electrons. The molecule has 0 bridgehead atoms. The summed E-state index contributed by atoms with van der Waals surface area (Å²) in [5.41, 5.74) is -2.22. The van der Waals surface area contributed by atoms with Crippen LogP contribution in [0.2, 0.25) is 5.02 Å². The highest BCUT2D eigenvalue weighted by atomic mass is 35.5. The van der Waals surface area contributed by atoms with E-state index in [1.807, 2.05) is 13.8 Å². The fourth-order valence-corrected chi connectivity index (χ4v) is 3.27. The average molecular weight is 482 g/mol. The summed E-state index contributed by atoms with van der Waals surface area (Å²) in [5, 5.41) is 6.50. The highest BCUT2D eigenvalue weighted by Crippen LogP contribution is 2.36. The van der Waals surface area contributed by atoms with Gasteiger partial charge < -0.3 is 10.1 Å². The third kappa shape index (κ3) is 5.70. The number of carbonyl (C=O) groups is 2. The number of esters is 1. The number of rotatable bonds is 6. The van der Waals surface area contributed by atoms with Crippen molar-refractivity contribution >= 4 is 39.9 Å². The molecular formula is C22H19ClF3N3O4. The van der Waals surface area contributed by atoms with Gasteiger partial charge in [0.15, 0.2) is 12.3 Å². The lowest BCUT2D eigenvalue weighted by Gasteiger charge is -2.14. The molecule has 3 aromatic rings. The van der Waals surface area contributed by atoms with Crippen molar-refractivity contribution in [1.29, 1.82) is 0 Å². The number of aromatic nitrogens is 2. The molecule has 11 heteroatoms. The number of alkyl halides is 3. The lowest BCUT2D eigenvalue weighted by molar-refractivity contribution is -0.137. The van der Waals surface area contributed by atoms with Crippen molar-refractivity contribution in [2.24, 2.45) is 5.92 Å². The van der Waals surface area contributed by atoms with E-state index in [4.69, 9.17) is 16.3 Å². The first-order valence-electron chi connectivity index (χ1n) is 9.81. The number of amides is 1. The van der Waals surface area contributed by atoms with E-state index in [-0.39, 0.29) is 39.5 Å². The molecule has 3 rings (SSSR count). The third-order valence-electron chi connectivity index (χ3n) is 4.49. The fraction of sp³-hybridized carbons (Fsp3) is 0.273. The summed E-state index contributed by atoms with van der Waals surface area (Å²) < 4.78 is 45.7. The van der Waals surface area contributed by atoms with Crippen LogP contribution in [0.4, 0.5) is 18.9 Å². The van der Waals surface area contributed by atoms with Gasteiger partial charge in [-0.2, -0.15) is 18.3 Å². The van der Waals surface area contributed by atoms with Gasteiger partial charge in [0.05, 0.1) is 16.6 Å². The monoisotopic (exact) mass is 481 g/mol. The predicted octanol–water partition coefficient (Wildman–Crippen LogP) is 4.52. The first-order valence-corrected chi connectivity index (χ1v) is 10.2. The fourth-order valence-electron chi connectivity index (χ4n) is 3.10. The van der Waals surface area contributed by atoms with Gasteiger partial charge in [-0.3, -0.25) is 9.59 Å². The van der Waals surface area contributed by atoms with Gasteiger partial charge in [0, 0.05) is 17.0 Å². The second kappa shape index (κ2) is 9.62. The van der Waals surface area contributed by atoms with Crippen molar-refractivity contribution in [3.05, 3.63) is 69.1 Å². The Labute approximate surface area is 191 Å². The van der Waals surface area contributed by atoms with Crippen molar-refractivity contribution in [3.63, 3.8) is 0 Å². The van der Waals surface area contributed by atoms with Crippen LogP contribution in [0.25, 0.3) is 10.8 Å². The minimum Gasteiger partial charge on any atom is -0.451 e. The second-order valence-corrected chi connectivity index (χ2v) is 8.02. The summed E-state index contributed by atoms with van der Waals surface area (Å²) in [6.45, 7) is 3.13. The molecule has 0 saturated heterocycles. The van der Waals surface area contributed by atoms with Crippen molar-refractivity contribution in [3.8, 4) is 0 Å². The topological polar surface area (TPSA) is 90.3 Å². The van der Waals surface area contributed by atoms with Gasteiger partial charge in [0.2, 0.25) is 0 Å². The number of nitrogens with zero attached hydrogens (tertiary/aromatic N) is 2. The molecule has 174 valence electrons. The minimum atomic E-state index is -4.75. The molecule has 0 unspecified atom stereocenters. The molecule has 1 aromatic heterocycles. The molecule has 2 aromatic carbocycles. The van der Waals surface area contributed by atoms with Gasteiger partial charge >= 0.3 is 12.1 Å². The first-order chi connectivity index (χ1) is 15.5. The largest absolute Gasteiger partial charge is 0.451 e. The van der Waals surface area contributed by atoms with Crippen molar-refractivity contribution in [1.82, 2.24) is 9.78 Å². The molecule has 0 saturated carbocycles.